The second-order valence-corrected chi connectivity index (χ2v) is 15.0. The number of rotatable bonds is 5. The third kappa shape index (κ3) is 5.17. The number of nitrogens with one attached hydrogen (secondary N) is 1. The molecule has 11 aromatic rings. The van der Waals surface area contributed by atoms with E-state index in [1.54, 1.807) is 0 Å². The lowest BCUT2D eigenvalue weighted by Crippen LogP contribution is -2.33. The lowest BCUT2D eigenvalue weighted by molar-refractivity contribution is 0.628. The lowest BCUT2D eigenvalue weighted by Gasteiger charge is -2.24. The predicted octanol–water partition coefficient (Wildman–Crippen LogP) is 13.2. The van der Waals surface area contributed by atoms with E-state index in [1.165, 1.54) is 43.4 Å². The van der Waals surface area contributed by atoms with Crippen molar-refractivity contribution in [1.29, 1.82) is 0 Å². The number of hydrogen-bond acceptors (Lipinski definition) is 4. The summed E-state index contributed by atoms with van der Waals surface area (Å²) in [5, 5.41) is 13.3. The number of furan rings is 1. The Morgan fingerprint density at radius 1 is 0.466 bits per heavy atom. The summed E-state index contributed by atoms with van der Waals surface area (Å²) in [6, 6.07) is 68.8. The van der Waals surface area contributed by atoms with Crippen molar-refractivity contribution in [3.05, 3.63) is 211 Å². The van der Waals surface area contributed by atoms with Crippen molar-refractivity contribution in [3.8, 4) is 16.8 Å². The minimum absolute atomic E-state index is 0.393. The molecule has 3 heterocycles. The van der Waals surface area contributed by atoms with Gasteiger partial charge in [-0.05, 0) is 57.6 Å². The molecule has 0 radical (unpaired) electrons. The van der Waals surface area contributed by atoms with E-state index >= 15 is 0 Å². The maximum absolute atomic E-state index is 6.44. The lowest BCUT2D eigenvalue weighted by atomic mass is 10.0. The Labute approximate surface area is 333 Å². The van der Waals surface area contributed by atoms with Gasteiger partial charge < -0.3 is 14.3 Å². The van der Waals surface area contributed by atoms with Crippen LogP contribution in [0.1, 0.15) is 22.9 Å². The van der Waals surface area contributed by atoms with Gasteiger partial charge in [0.25, 0.3) is 0 Å². The molecule has 1 atom stereocenters. The van der Waals surface area contributed by atoms with Crippen molar-refractivity contribution in [1.82, 2.24) is 9.88 Å². The van der Waals surface area contributed by atoms with Gasteiger partial charge in [-0.2, -0.15) is 0 Å². The van der Waals surface area contributed by atoms with Crippen LogP contribution in [-0.4, -0.2) is 16.2 Å². The van der Waals surface area contributed by atoms with Gasteiger partial charge in [-0.25, -0.2) is 9.98 Å². The van der Waals surface area contributed by atoms with Crippen LogP contribution in [0.4, 0.5) is 0 Å². The summed E-state index contributed by atoms with van der Waals surface area (Å²) < 4.78 is 8.88. The molecule has 1 unspecified atom stereocenters. The molecule has 0 saturated heterocycles. The van der Waals surface area contributed by atoms with Crippen LogP contribution in [0.15, 0.2) is 209 Å². The fraction of sp³-hybridized carbons (Fsp3) is 0.0189. The smallest absolute Gasteiger partial charge is 0.159 e. The van der Waals surface area contributed by atoms with Crippen LogP contribution in [-0.2, 0) is 0 Å². The molecular weight excluding hydrogens is 709 g/mol. The fourth-order valence-electron chi connectivity index (χ4n) is 8.81. The number of amidine groups is 2. The zero-order valence-corrected chi connectivity index (χ0v) is 31.3. The Balaban J connectivity index is 0.916. The van der Waals surface area contributed by atoms with E-state index < -0.39 is 6.17 Å². The van der Waals surface area contributed by atoms with Crippen molar-refractivity contribution in [2.75, 3.05) is 0 Å². The number of aromatic nitrogens is 1. The third-order valence-corrected chi connectivity index (χ3v) is 11.6. The number of benzene rings is 9. The van der Waals surface area contributed by atoms with Crippen LogP contribution in [0.5, 0.6) is 0 Å². The first-order chi connectivity index (χ1) is 28.7. The largest absolute Gasteiger partial charge is 0.456 e. The molecule has 0 aliphatic carbocycles. The van der Waals surface area contributed by atoms with E-state index in [0.29, 0.717) is 5.84 Å². The summed E-state index contributed by atoms with van der Waals surface area (Å²) in [5.41, 5.74) is 10.5. The number of fused-ring (bicyclic) bond motifs is 9. The Morgan fingerprint density at radius 3 is 1.93 bits per heavy atom. The van der Waals surface area contributed by atoms with Crippen molar-refractivity contribution < 1.29 is 4.42 Å². The molecule has 0 bridgehead atoms. The first kappa shape index (κ1) is 32.5. The van der Waals surface area contributed by atoms with Gasteiger partial charge in [0.2, 0.25) is 0 Å². The summed E-state index contributed by atoms with van der Waals surface area (Å²) in [5.74, 6) is 1.44. The summed E-state index contributed by atoms with van der Waals surface area (Å²) in [4.78, 5) is 10.2. The first-order valence-electron chi connectivity index (χ1n) is 19.7. The quantitative estimate of drug-likeness (QED) is 0.191. The molecule has 272 valence electrons. The SMILES string of the molecule is c1ccc(C2=NC(c3cccc4c3oc3ccccc34)NC(c3ccc(-c4ccc(-n5c6cc7ccccc7cc6c6ccc7ccccc7c65)cc4)cc3)=N2)cc1. The maximum Gasteiger partial charge on any atom is 0.159 e. The van der Waals surface area contributed by atoms with Crippen molar-refractivity contribution in [2.45, 2.75) is 6.17 Å². The summed E-state index contributed by atoms with van der Waals surface area (Å²) in [6.45, 7) is 0. The summed E-state index contributed by atoms with van der Waals surface area (Å²) in [6.07, 6.45) is -0.393. The molecule has 0 fully saturated rings. The molecule has 58 heavy (non-hydrogen) atoms. The maximum atomic E-state index is 6.44. The van der Waals surface area contributed by atoms with E-state index in [0.717, 1.165) is 61.3 Å². The van der Waals surface area contributed by atoms with Gasteiger partial charge >= 0.3 is 0 Å². The molecule has 1 aliphatic heterocycles. The topological polar surface area (TPSA) is 54.8 Å². The zero-order chi connectivity index (χ0) is 38.2. The average Bonchev–Trinajstić information content (AvgIpc) is 3.84. The second kappa shape index (κ2) is 12.9. The van der Waals surface area contributed by atoms with Gasteiger partial charge in [0, 0.05) is 49.3 Å². The summed E-state index contributed by atoms with van der Waals surface area (Å²) >= 11 is 0. The second-order valence-electron chi connectivity index (χ2n) is 15.0. The minimum Gasteiger partial charge on any atom is -0.456 e. The van der Waals surface area contributed by atoms with Crippen LogP contribution < -0.4 is 5.32 Å². The van der Waals surface area contributed by atoms with E-state index in [9.17, 15) is 0 Å². The minimum atomic E-state index is -0.393. The number of hydrogen-bond donors (Lipinski definition) is 1. The molecule has 12 rings (SSSR count). The van der Waals surface area contributed by atoms with Crippen LogP contribution >= 0.6 is 0 Å². The van der Waals surface area contributed by atoms with E-state index in [-0.39, 0.29) is 0 Å². The van der Waals surface area contributed by atoms with Gasteiger partial charge in [-0.1, -0.05) is 164 Å². The normalized spacial score (nSPS) is 14.4. The van der Waals surface area contributed by atoms with Gasteiger partial charge in [0.1, 0.15) is 17.0 Å². The molecule has 5 heteroatoms. The van der Waals surface area contributed by atoms with Gasteiger partial charge in [0.05, 0.1) is 11.0 Å². The van der Waals surface area contributed by atoms with Crippen LogP contribution in [0.3, 0.4) is 0 Å². The van der Waals surface area contributed by atoms with Crippen molar-refractivity contribution in [2.24, 2.45) is 9.98 Å². The Kier molecular flexibility index (Phi) is 7.23. The van der Waals surface area contributed by atoms with Crippen molar-refractivity contribution >= 4 is 77.0 Å². The molecule has 9 aromatic carbocycles. The average molecular weight is 743 g/mol. The highest BCUT2D eigenvalue weighted by atomic mass is 16.3. The van der Waals surface area contributed by atoms with Gasteiger partial charge in [-0.15, -0.1) is 0 Å². The summed E-state index contributed by atoms with van der Waals surface area (Å²) in [7, 11) is 0. The molecule has 0 saturated carbocycles. The highest BCUT2D eigenvalue weighted by Gasteiger charge is 2.25. The van der Waals surface area contributed by atoms with Crippen LogP contribution in [0.2, 0.25) is 0 Å². The highest BCUT2D eigenvalue weighted by Crippen LogP contribution is 2.39. The Hall–Kier alpha value is -7.76. The van der Waals surface area contributed by atoms with E-state index in [2.05, 4.69) is 168 Å². The Bertz CT molecular complexity index is 3460. The third-order valence-electron chi connectivity index (χ3n) is 11.6. The molecule has 1 N–H and O–H groups in total. The standard InChI is InChI=1S/C53H34N4O/c1-2-12-36(13-3-1)51-54-52(56-53(55-51)45-19-10-18-44-42-17-8-9-20-48(42)58-50(44)45)37-23-21-33(22-24-37)34-25-28-40(29-26-34)57-47-32-39-15-5-4-14-38(39)31-46(47)43-30-27-35-11-6-7-16-41(35)49(43)57/h1-32,53H,(H,54,55,56). The Morgan fingerprint density at radius 2 is 1.12 bits per heavy atom. The number of para-hydroxylation sites is 2. The monoisotopic (exact) mass is 742 g/mol. The van der Waals surface area contributed by atoms with E-state index in [4.69, 9.17) is 14.4 Å². The number of nitrogens with zero attached hydrogens (tertiary/aromatic N) is 3. The predicted molar refractivity (Wildman–Crippen MR) is 240 cm³/mol. The molecule has 0 spiro atoms. The van der Waals surface area contributed by atoms with Crippen molar-refractivity contribution in [3.63, 3.8) is 0 Å². The molecule has 2 aromatic heterocycles. The zero-order valence-electron chi connectivity index (χ0n) is 31.3. The fourth-order valence-corrected chi connectivity index (χ4v) is 8.81. The number of aliphatic imine (C=N–C) groups is 2. The molecule has 5 nitrogen and oxygen atoms in total. The molecule has 1 aliphatic rings. The first-order valence-corrected chi connectivity index (χ1v) is 19.7. The van der Waals surface area contributed by atoms with Gasteiger partial charge in [0.15, 0.2) is 12.0 Å². The van der Waals surface area contributed by atoms with E-state index in [1.807, 2.05) is 36.4 Å². The van der Waals surface area contributed by atoms with Crippen LogP contribution in [0.25, 0.3) is 82.1 Å². The van der Waals surface area contributed by atoms with Gasteiger partial charge in [-0.3, -0.25) is 0 Å². The van der Waals surface area contributed by atoms with Crippen LogP contribution in [0, 0.1) is 0 Å². The molecule has 0 amide bonds. The highest BCUT2D eigenvalue weighted by molar-refractivity contribution is 6.21. The molecular formula is C53H34N4O.